The standard InChI is InChI=1S/C16H17BrClNO2/c1-9-6-14(20-2)15(21-3)8-11(9)16(19)10-4-5-12(17)13(18)7-10/h4-8,16H,19H2,1-3H3. The Morgan fingerprint density at radius 2 is 1.71 bits per heavy atom. The lowest BCUT2D eigenvalue weighted by Crippen LogP contribution is -2.13. The number of hydrogen-bond donors (Lipinski definition) is 1. The van der Waals surface area contributed by atoms with Crippen LogP contribution in [0.4, 0.5) is 0 Å². The highest BCUT2D eigenvalue weighted by Gasteiger charge is 2.16. The Balaban J connectivity index is 2.47. The lowest BCUT2D eigenvalue weighted by molar-refractivity contribution is 0.354. The molecule has 5 heteroatoms. The molecule has 0 bridgehead atoms. The van der Waals surface area contributed by atoms with E-state index in [-0.39, 0.29) is 6.04 Å². The Hall–Kier alpha value is -1.23. The summed E-state index contributed by atoms with van der Waals surface area (Å²) in [4.78, 5) is 0. The summed E-state index contributed by atoms with van der Waals surface area (Å²) in [5, 5.41) is 0.640. The van der Waals surface area contributed by atoms with Crippen molar-refractivity contribution < 1.29 is 9.47 Å². The summed E-state index contributed by atoms with van der Waals surface area (Å²) in [5.41, 5.74) is 9.34. The fourth-order valence-electron chi connectivity index (χ4n) is 2.22. The van der Waals surface area contributed by atoms with Crippen molar-refractivity contribution in [3.8, 4) is 11.5 Å². The molecule has 1 atom stereocenters. The second kappa shape index (κ2) is 6.69. The number of halogens is 2. The molecule has 0 radical (unpaired) electrons. The molecule has 2 N–H and O–H groups in total. The number of benzene rings is 2. The first-order valence-electron chi connectivity index (χ1n) is 6.41. The molecule has 0 spiro atoms. The van der Waals surface area contributed by atoms with Gasteiger partial charge in [0.15, 0.2) is 11.5 Å². The molecule has 0 aliphatic heterocycles. The summed E-state index contributed by atoms with van der Waals surface area (Å²) in [5.74, 6) is 1.36. The maximum atomic E-state index is 6.38. The van der Waals surface area contributed by atoms with E-state index in [1.165, 1.54) is 0 Å². The van der Waals surface area contributed by atoms with Crippen molar-refractivity contribution in [3.05, 3.63) is 56.5 Å². The molecule has 0 amide bonds. The van der Waals surface area contributed by atoms with Crippen LogP contribution in [0.25, 0.3) is 0 Å². The predicted octanol–water partition coefficient (Wildman–Crippen LogP) is 4.48. The van der Waals surface area contributed by atoms with Crippen LogP contribution in [0.15, 0.2) is 34.8 Å². The first-order chi connectivity index (χ1) is 9.97. The van der Waals surface area contributed by atoms with E-state index < -0.39 is 0 Å². The molecule has 0 aliphatic carbocycles. The SMILES string of the molecule is COc1cc(C)c(C(N)c2ccc(Br)c(Cl)c2)cc1OC. The number of hydrogen-bond acceptors (Lipinski definition) is 3. The zero-order valence-electron chi connectivity index (χ0n) is 12.1. The Morgan fingerprint density at radius 3 is 2.29 bits per heavy atom. The van der Waals surface area contributed by atoms with Gasteiger partial charge < -0.3 is 15.2 Å². The van der Waals surface area contributed by atoms with Gasteiger partial charge >= 0.3 is 0 Å². The van der Waals surface area contributed by atoms with Crippen LogP contribution in [0.5, 0.6) is 11.5 Å². The van der Waals surface area contributed by atoms with Crippen LogP contribution in [0.2, 0.25) is 5.02 Å². The average Bonchev–Trinajstić information content (AvgIpc) is 2.49. The summed E-state index contributed by atoms with van der Waals surface area (Å²) in [6, 6.07) is 9.27. The Labute approximate surface area is 138 Å². The van der Waals surface area contributed by atoms with Gasteiger partial charge in [0.2, 0.25) is 0 Å². The number of aryl methyl sites for hydroxylation is 1. The van der Waals surface area contributed by atoms with E-state index in [9.17, 15) is 0 Å². The molecular formula is C16H17BrClNO2. The molecule has 112 valence electrons. The first kappa shape index (κ1) is 16.1. The summed E-state index contributed by atoms with van der Waals surface area (Å²) >= 11 is 9.53. The van der Waals surface area contributed by atoms with Crippen molar-refractivity contribution in [3.63, 3.8) is 0 Å². The normalized spacial score (nSPS) is 12.1. The predicted molar refractivity (Wildman–Crippen MR) is 89.5 cm³/mol. The van der Waals surface area contributed by atoms with Crippen LogP contribution < -0.4 is 15.2 Å². The molecule has 0 saturated heterocycles. The monoisotopic (exact) mass is 369 g/mol. The van der Waals surface area contributed by atoms with E-state index in [2.05, 4.69) is 15.9 Å². The van der Waals surface area contributed by atoms with Gasteiger partial charge in [0, 0.05) is 4.47 Å². The Bertz CT molecular complexity index is 661. The van der Waals surface area contributed by atoms with Gasteiger partial charge in [-0.15, -0.1) is 0 Å². The van der Waals surface area contributed by atoms with E-state index >= 15 is 0 Å². The second-order valence-corrected chi connectivity index (χ2v) is 5.98. The zero-order chi connectivity index (χ0) is 15.6. The van der Waals surface area contributed by atoms with Crippen molar-refractivity contribution >= 4 is 27.5 Å². The minimum absolute atomic E-state index is 0.282. The lowest BCUT2D eigenvalue weighted by atomic mass is 9.95. The molecule has 3 nitrogen and oxygen atoms in total. The maximum Gasteiger partial charge on any atom is 0.161 e. The van der Waals surface area contributed by atoms with Gasteiger partial charge in [-0.2, -0.15) is 0 Å². The second-order valence-electron chi connectivity index (χ2n) is 4.71. The highest BCUT2D eigenvalue weighted by atomic mass is 79.9. The number of nitrogens with two attached hydrogens (primary N) is 1. The summed E-state index contributed by atoms with van der Waals surface area (Å²) in [7, 11) is 3.23. The summed E-state index contributed by atoms with van der Waals surface area (Å²) in [6.07, 6.45) is 0. The molecule has 0 heterocycles. The molecule has 1 unspecified atom stereocenters. The largest absolute Gasteiger partial charge is 0.493 e. The third-order valence-electron chi connectivity index (χ3n) is 3.41. The van der Waals surface area contributed by atoms with Gasteiger partial charge in [-0.3, -0.25) is 0 Å². The third kappa shape index (κ3) is 3.34. The van der Waals surface area contributed by atoms with Crippen molar-refractivity contribution in [1.29, 1.82) is 0 Å². The molecule has 0 aliphatic rings. The van der Waals surface area contributed by atoms with Crippen LogP contribution >= 0.6 is 27.5 Å². The molecule has 21 heavy (non-hydrogen) atoms. The van der Waals surface area contributed by atoms with Gasteiger partial charge in [-0.25, -0.2) is 0 Å². The van der Waals surface area contributed by atoms with Crippen molar-refractivity contribution in [2.24, 2.45) is 5.73 Å². The van der Waals surface area contributed by atoms with E-state index in [0.29, 0.717) is 16.5 Å². The van der Waals surface area contributed by atoms with Gasteiger partial charge in [-0.05, 0) is 63.8 Å². The minimum Gasteiger partial charge on any atom is -0.493 e. The van der Waals surface area contributed by atoms with E-state index in [4.69, 9.17) is 26.8 Å². The van der Waals surface area contributed by atoms with Crippen molar-refractivity contribution in [1.82, 2.24) is 0 Å². The smallest absolute Gasteiger partial charge is 0.161 e. The number of methoxy groups -OCH3 is 2. The zero-order valence-corrected chi connectivity index (χ0v) is 14.5. The lowest BCUT2D eigenvalue weighted by Gasteiger charge is -2.18. The van der Waals surface area contributed by atoms with Crippen molar-refractivity contribution in [2.45, 2.75) is 13.0 Å². The van der Waals surface area contributed by atoms with E-state index in [1.54, 1.807) is 14.2 Å². The molecular weight excluding hydrogens is 354 g/mol. The molecule has 0 fully saturated rings. The third-order valence-corrected chi connectivity index (χ3v) is 4.64. The van der Waals surface area contributed by atoms with Crippen LogP contribution in [0.3, 0.4) is 0 Å². The first-order valence-corrected chi connectivity index (χ1v) is 7.58. The van der Waals surface area contributed by atoms with Crippen molar-refractivity contribution in [2.75, 3.05) is 14.2 Å². The summed E-state index contributed by atoms with van der Waals surface area (Å²) in [6.45, 7) is 2.00. The van der Waals surface area contributed by atoms with Gasteiger partial charge in [-0.1, -0.05) is 17.7 Å². The average molecular weight is 371 g/mol. The van der Waals surface area contributed by atoms with Gasteiger partial charge in [0.1, 0.15) is 0 Å². The molecule has 2 rings (SSSR count). The Morgan fingerprint density at radius 1 is 1.10 bits per heavy atom. The molecule has 0 saturated carbocycles. The maximum absolute atomic E-state index is 6.38. The van der Waals surface area contributed by atoms with Gasteiger partial charge in [0.25, 0.3) is 0 Å². The minimum atomic E-state index is -0.282. The van der Waals surface area contributed by atoms with Crippen LogP contribution in [-0.4, -0.2) is 14.2 Å². The number of ether oxygens (including phenoxy) is 2. The van der Waals surface area contributed by atoms with Gasteiger partial charge in [0.05, 0.1) is 25.3 Å². The van der Waals surface area contributed by atoms with Crippen LogP contribution in [0.1, 0.15) is 22.7 Å². The van der Waals surface area contributed by atoms with E-state index in [0.717, 1.165) is 21.2 Å². The molecule has 2 aromatic rings. The quantitative estimate of drug-likeness (QED) is 0.863. The Kier molecular flexibility index (Phi) is 5.14. The van der Waals surface area contributed by atoms with Crippen LogP contribution in [0, 0.1) is 6.92 Å². The molecule has 0 aromatic heterocycles. The summed E-state index contributed by atoms with van der Waals surface area (Å²) < 4.78 is 11.5. The molecule has 2 aromatic carbocycles. The highest BCUT2D eigenvalue weighted by molar-refractivity contribution is 9.10. The highest BCUT2D eigenvalue weighted by Crippen LogP contribution is 2.35. The fourth-order valence-corrected chi connectivity index (χ4v) is 2.65. The fraction of sp³-hybridized carbons (Fsp3) is 0.250. The van der Waals surface area contributed by atoms with Crippen LogP contribution in [-0.2, 0) is 0 Å². The van der Waals surface area contributed by atoms with E-state index in [1.807, 2.05) is 37.3 Å². The number of rotatable bonds is 4. The topological polar surface area (TPSA) is 44.5 Å².